The number of ether oxygens (including phenoxy) is 1. The van der Waals surface area contributed by atoms with Crippen molar-refractivity contribution in [1.29, 1.82) is 0 Å². The van der Waals surface area contributed by atoms with Crippen molar-refractivity contribution in [2.45, 2.75) is 32.4 Å². The zero-order valence-corrected chi connectivity index (χ0v) is 13.8. The number of nitrogens with zero attached hydrogens (tertiary/aromatic N) is 2. The number of Topliss-reactive ketones (excluding diaryl/α,β-unsaturated/α-hetero) is 1. The van der Waals surface area contributed by atoms with Crippen molar-refractivity contribution in [3.05, 3.63) is 24.2 Å². The summed E-state index contributed by atoms with van der Waals surface area (Å²) in [5.74, 6) is 0.281. The number of rotatable bonds is 5. The molecular weight excluding hydrogens is 312 g/mol. The van der Waals surface area contributed by atoms with Crippen LogP contribution in [0, 0.1) is 5.92 Å². The molecule has 0 saturated carbocycles. The van der Waals surface area contributed by atoms with Crippen molar-refractivity contribution >= 4 is 17.6 Å². The second-order valence-corrected chi connectivity index (χ2v) is 6.42. The van der Waals surface area contributed by atoms with Crippen LogP contribution in [0.15, 0.2) is 22.8 Å². The Hall–Kier alpha value is -2.15. The molecule has 2 aliphatic heterocycles. The van der Waals surface area contributed by atoms with Crippen LogP contribution < -0.4 is 0 Å². The summed E-state index contributed by atoms with van der Waals surface area (Å²) in [7, 11) is 0. The maximum Gasteiger partial charge on any atom is 0.228 e. The maximum atomic E-state index is 12.8. The van der Waals surface area contributed by atoms with Crippen molar-refractivity contribution in [2.75, 3.05) is 26.3 Å². The highest BCUT2D eigenvalue weighted by Crippen LogP contribution is 2.24. The molecule has 24 heavy (non-hydrogen) atoms. The van der Waals surface area contributed by atoms with Gasteiger partial charge in [0.1, 0.15) is 11.5 Å². The Morgan fingerprint density at radius 2 is 2.21 bits per heavy atom. The summed E-state index contributed by atoms with van der Waals surface area (Å²) >= 11 is 0. The Bertz CT molecular complexity index is 613. The van der Waals surface area contributed by atoms with E-state index in [4.69, 9.17) is 9.15 Å². The highest BCUT2D eigenvalue weighted by atomic mass is 16.5. The van der Waals surface area contributed by atoms with Crippen molar-refractivity contribution < 1.29 is 23.5 Å². The Morgan fingerprint density at radius 3 is 2.92 bits per heavy atom. The molecule has 2 unspecified atom stereocenters. The largest absolute Gasteiger partial charge is 0.467 e. The highest BCUT2D eigenvalue weighted by Gasteiger charge is 2.39. The van der Waals surface area contributed by atoms with Crippen LogP contribution in [-0.4, -0.2) is 59.7 Å². The standard InChI is InChI=1S/C17H22N2O5/c1-12(20)7-14-11-23-6-4-19(14)17(22)13-8-16(21)18(9-13)10-15-3-2-5-24-15/h2-3,5,13-14H,4,6-11H2,1H3. The topological polar surface area (TPSA) is 80.1 Å². The fourth-order valence-corrected chi connectivity index (χ4v) is 3.36. The van der Waals surface area contributed by atoms with Gasteiger partial charge in [0.15, 0.2) is 0 Å². The molecule has 0 N–H and O–H groups in total. The minimum atomic E-state index is -0.361. The van der Waals surface area contributed by atoms with Gasteiger partial charge in [-0.1, -0.05) is 0 Å². The van der Waals surface area contributed by atoms with Gasteiger partial charge in [0.25, 0.3) is 0 Å². The SMILES string of the molecule is CC(=O)CC1COCCN1C(=O)C1CC(=O)N(Cc2ccco2)C1. The molecule has 2 atom stereocenters. The van der Waals surface area contributed by atoms with E-state index in [0.717, 1.165) is 0 Å². The van der Waals surface area contributed by atoms with Crippen LogP contribution in [0.4, 0.5) is 0 Å². The third kappa shape index (κ3) is 3.67. The number of carbonyl (C=O) groups is 3. The maximum absolute atomic E-state index is 12.8. The van der Waals surface area contributed by atoms with Gasteiger partial charge in [-0.3, -0.25) is 14.4 Å². The van der Waals surface area contributed by atoms with Gasteiger partial charge in [-0.2, -0.15) is 0 Å². The summed E-state index contributed by atoms with van der Waals surface area (Å²) in [6.07, 6.45) is 2.07. The minimum absolute atomic E-state index is 0.0326. The second-order valence-electron chi connectivity index (χ2n) is 6.42. The summed E-state index contributed by atoms with van der Waals surface area (Å²) in [6.45, 7) is 3.61. The summed E-state index contributed by atoms with van der Waals surface area (Å²) < 4.78 is 10.7. The first-order valence-electron chi connectivity index (χ1n) is 8.22. The molecule has 0 radical (unpaired) electrons. The number of amides is 2. The van der Waals surface area contributed by atoms with Crippen LogP contribution in [0.5, 0.6) is 0 Å². The third-order valence-electron chi connectivity index (χ3n) is 4.52. The average molecular weight is 334 g/mol. The zero-order chi connectivity index (χ0) is 17.1. The normalized spacial score (nSPS) is 24.5. The molecule has 7 heteroatoms. The van der Waals surface area contributed by atoms with E-state index in [9.17, 15) is 14.4 Å². The molecule has 0 aromatic carbocycles. The van der Waals surface area contributed by atoms with E-state index >= 15 is 0 Å². The fraction of sp³-hybridized carbons (Fsp3) is 0.588. The van der Waals surface area contributed by atoms with E-state index in [0.29, 0.717) is 45.0 Å². The van der Waals surface area contributed by atoms with Crippen LogP contribution in [0.1, 0.15) is 25.5 Å². The van der Waals surface area contributed by atoms with Gasteiger partial charge in [-0.25, -0.2) is 0 Å². The first-order valence-corrected chi connectivity index (χ1v) is 8.22. The Balaban J connectivity index is 1.64. The number of hydrogen-bond donors (Lipinski definition) is 0. The lowest BCUT2D eigenvalue weighted by atomic mass is 10.0. The molecule has 1 aromatic rings. The monoisotopic (exact) mass is 334 g/mol. The van der Waals surface area contributed by atoms with Crippen molar-refractivity contribution in [3.8, 4) is 0 Å². The summed E-state index contributed by atoms with van der Waals surface area (Å²) in [5.41, 5.74) is 0. The van der Waals surface area contributed by atoms with Crippen LogP contribution >= 0.6 is 0 Å². The van der Waals surface area contributed by atoms with Crippen molar-refractivity contribution in [1.82, 2.24) is 9.80 Å². The first kappa shape index (κ1) is 16.7. The molecule has 7 nitrogen and oxygen atoms in total. The molecule has 1 aromatic heterocycles. The second kappa shape index (κ2) is 7.17. The Morgan fingerprint density at radius 1 is 1.38 bits per heavy atom. The highest BCUT2D eigenvalue weighted by molar-refractivity contribution is 5.89. The number of furan rings is 1. The summed E-state index contributed by atoms with van der Waals surface area (Å²) in [6, 6.07) is 3.37. The lowest BCUT2D eigenvalue weighted by Gasteiger charge is -2.36. The molecule has 0 spiro atoms. The summed E-state index contributed by atoms with van der Waals surface area (Å²) in [5, 5.41) is 0. The molecule has 2 amide bonds. The summed E-state index contributed by atoms with van der Waals surface area (Å²) in [4.78, 5) is 39.8. The van der Waals surface area contributed by atoms with Gasteiger partial charge in [0, 0.05) is 25.9 Å². The van der Waals surface area contributed by atoms with E-state index in [1.807, 2.05) is 6.07 Å². The predicted octanol–water partition coefficient (Wildman–Crippen LogP) is 0.835. The van der Waals surface area contributed by atoms with Gasteiger partial charge in [0.2, 0.25) is 11.8 Å². The number of morpholine rings is 1. The quantitative estimate of drug-likeness (QED) is 0.797. The van der Waals surface area contributed by atoms with E-state index in [1.165, 1.54) is 6.92 Å². The smallest absolute Gasteiger partial charge is 0.228 e. The molecule has 0 aliphatic carbocycles. The third-order valence-corrected chi connectivity index (χ3v) is 4.52. The van der Waals surface area contributed by atoms with E-state index < -0.39 is 0 Å². The zero-order valence-electron chi connectivity index (χ0n) is 13.8. The Kier molecular flexibility index (Phi) is 4.99. The lowest BCUT2D eigenvalue weighted by molar-refractivity contribution is -0.145. The predicted molar refractivity (Wildman–Crippen MR) is 83.9 cm³/mol. The average Bonchev–Trinajstić information content (AvgIpc) is 3.18. The van der Waals surface area contributed by atoms with Crippen LogP contribution in [0.2, 0.25) is 0 Å². The number of ketones is 1. The Labute approximate surface area is 140 Å². The molecule has 3 rings (SSSR count). The minimum Gasteiger partial charge on any atom is -0.467 e. The first-order chi connectivity index (χ1) is 11.5. The van der Waals surface area contributed by atoms with Crippen LogP contribution in [0.3, 0.4) is 0 Å². The van der Waals surface area contributed by atoms with Crippen molar-refractivity contribution in [3.63, 3.8) is 0 Å². The van der Waals surface area contributed by atoms with Gasteiger partial charge in [-0.05, 0) is 19.1 Å². The van der Waals surface area contributed by atoms with Gasteiger partial charge in [0.05, 0.1) is 38.0 Å². The van der Waals surface area contributed by atoms with Gasteiger partial charge >= 0.3 is 0 Å². The lowest BCUT2D eigenvalue weighted by Crippen LogP contribution is -2.51. The van der Waals surface area contributed by atoms with Gasteiger partial charge in [-0.15, -0.1) is 0 Å². The van der Waals surface area contributed by atoms with E-state index in [-0.39, 0.29) is 36.0 Å². The van der Waals surface area contributed by atoms with E-state index in [1.54, 1.807) is 22.1 Å². The van der Waals surface area contributed by atoms with E-state index in [2.05, 4.69) is 0 Å². The molecule has 3 heterocycles. The molecule has 0 bridgehead atoms. The van der Waals surface area contributed by atoms with Crippen LogP contribution in [0.25, 0.3) is 0 Å². The molecule has 130 valence electrons. The number of likely N-dealkylation sites (tertiary alicyclic amines) is 1. The molecule has 2 aliphatic rings. The molecule has 2 saturated heterocycles. The number of carbonyl (C=O) groups excluding carboxylic acids is 3. The molecular formula is C17H22N2O5. The fourth-order valence-electron chi connectivity index (χ4n) is 3.36. The van der Waals surface area contributed by atoms with Crippen molar-refractivity contribution in [2.24, 2.45) is 5.92 Å². The van der Waals surface area contributed by atoms with Crippen LogP contribution in [-0.2, 0) is 25.7 Å². The molecule has 2 fully saturated rings. The van der Waals surface area contributed by atoms with Gasteiger partial charge < -0.3 is 19.0 Å². The number of hydrogen-bond acceptors (Lipinski definition) is 5.